The topological polar surface area (TPSA) is 70.7 Å². The van der Waals surface area contributed by atoms with Crippen LogP contribution in [0.15, 0.2) is 24.3 Å². The van der Waals surface area contributed by atoms with Crippen molar-refractivity contribution in [3.05, 3.63) is 24.3 Å². The minimum atomic E-state index is -0.119. The molecule has 0 aliphatic carbocycles. The lowest BCUT2D eigenvalue weighted by Gasteiger charge is -2.30. The molecule has 21 heavy (non-hydrogen) atoms. The highest BCUT2D eigenvalue weighted by Crippen LogP contribution is 2.28. The van der Waals surface area contributed by atoms with E-state index in [1.165, 1.54) is 0 Å². The Hall–Kier alpha value is -2.08. The number of amides is 2. The number of benzene rings is 1. The predicted molar refractivity (Wildman–Crippen MR) is 79.3 cm³/mol. The van der Waals surface area contributed by atoms with Crippen molar-refractivity contribution in [2.75, 3.05) is 36.5 Å². The van der Waals surface area contributed by atoms with E-state index in [-0.39, 0.29) is 30.9 Å². The smallest absolute Gasteiger partial charge is 0.246 e. The summed E-state index contributed by atoms with van der Waals surface area (Å²) in [4.78, 5) is 25.8. The Labute approximate surface area is 123 Å². The molecule has 112 valence electrons. The summed E-state index contributed by atoms with van der Waals surface area (Å²) in [6.45, 7) is 1.65. The predicted octanol–water partition coefficient (Wildman–Crippen LogP) is 0.740. The molecule has 6 heteroatoms. The van der Waals surface area contributed by atoms with Gasteiger partial charge in [0, 0.05) is 19.3 Å². The molecule has 2 aliphatic rings. The molecule has 0 radical (unpaired) electrons. The van der Waals surface area contributed by atoms with Crippen molar-refractivity contribution in [2.24, 2.45) is 0 Å². The highest BCUT2D eigenvalue weighted by molar-refractivity contribution is 6.05. The van der Waals surface area contributed by atoms with Crippen LogP contribution in [0.1, 0.15) is 12.8 Å². The normalized spacial score (nSPS) is 18.9. The van der Waals surface area contributed by atoms with Gasteiger partial charge in [-0.05, 0) is 25.0 Å². The van der Waals surface area contributed by atoms with Gasteiger partial charge in [-0.3, -0.25) is 14.5 Å². The lowest BCUT2D eigenvalue weighted by molar-refractivity contribution is -0.124. The van der Waals surface area contributed by atoms with Crippen LogP contribution in [0.5, 0.6) is 0 Å². The number of rotatable bonds is 3. The molecule has 1 aromatic rings. The summed E-state index contributed by atoms with van der Waals surface area (Å²) in [6, 6.07) is 7.68. The average molecular weight is 289 g/mol. The highest BCUT2D eigenvalue weighted by Gasteiger charge is 2.26. The van der Waals surface area contributed by atoms with Gasteiger partial charge >= 0.3 is 0 Å². The third-order valence-electron chi connectivity index (χ3n) is 3.81. The number of nitrogens with one attached hydrogen (secondary N) is 2. The molecule has 0 saturated carbocycles. The van der Waals surface area contributed by atoms with Crippen molar-refractivity contribution in [3.8, 4) is 0 Å². The number of hydrogen-bond acceptors (Lipinski definition) is 4. The summed E-state index contributed by atoms with van der Waals surface area (Å²) in [6.07, 6.45) is 1.66. The first-order valence-electron chi connectivity index (χ1n) is 7.24. The van der Waals surface area contributed by atoms with Crippen LogP contribution in [-0.4, -0.2) is 44.2 Å². The molecule has 1 fully saturated rings. The maximum atomic E-state index is 12.2. The van der Waals surface area contributed by atoms with Crippen LogP contribution in [0.25, 0.3) is 0 Å². The summed E-state index contributed by atoms with van der Waals surface area (Å²) in [5.41, 5.74) is 1.65. The zero-order valence-electron chi connectivity index (χ0n) is 11.8. The maximum absolute atomic E-state index is 12.2. The van der Waals surface area contributed by atoms with Gasteiger partial charge in [0.1, 0.15) is 6.54 Å². The molecule has 1 saturated heterocycles. The van der Waals surface area contributed by atoms with Gasteiger partial charge in [0.15, 0.2) is 0 Å². The van der Waals surface area contributed by atoms with Gasteiger partial charge in [0.05, 0.1) is 17.9 Å². The van der Waals surface area contributed by atoms with E-state index in [0.717, 1.165) is 24.2 Å². The molecule has 2 aliphatic heterocycles. The SMILES string of the molecule is O=C(CN1C(=O)CNc2ccccc21)NC1CCOCC1. The molecule has 0 unspecified atom stereocenters. The lowest BCUT2D eigenvalue weighted by atomic mass is 10.1. The standard InChI is InChI=1S/C15H19N3O3/c19-14(17-11-5-7-21-8-6-11)10-18-13-4-2-1-3-12(13)16-9-15(18)20/h1-4,11,16H,5-10H2,(H,17,19). The van der Waals surface area contributed by atoms with Gasteiger partial charge in [0.25, 0.3) is 0 Å². The zero-order chi connectivity index (χ0) is 14.7. The minimum absolute atomic E-state index is 0.0644. The first kappa shape index (κ1) is 13.9. The molecular weight excluding hydrogens is 270 g/mol. The van der Waals surface area contributed by atoms with Crippen molar-refractivity contribution in [3.63, 3.8) is 0 Å². The van der Waals surface area contributed by atoms with Crippen LogP contribution in [-0.2, 0) is 14.3 Å². The van der Waals surface area contributed by atoms with Gasteiger partial charge < -0.3 is 15.4 Å². The molecule has 2 amide bonds. The van der Waals surface area contributed by atoms with E-state index in [4.69, 9.17) is 4.74 Å². The fourth-order valence-corrected chi connectivity index (χ4v) is 2.69. The number of anilines is 2. The van der Waals surface area contributed by atoms with Gasteiger partial charge in [-0.25, -0.2) is 0 Å². The van der Waals surface area contributed by atoms with Crippen LogP contribution in [0.2, 0.25) is 0 Å². The first-order chi connectivity index (χ1) is 10.2. The molecule has 2 heterocycles. The third-order valence-corrected chi connectivity index (χ3v) is 3.81. The van der Waals surface area contributed by atoms with Gasteiger partial charge in [-0.15, -0.1) is 0 Å². The quantitative estimate of drug-likeness (QED) is 0.861. The Balaban J connectivity index is 1.66. The number of hydrogen-bond donors (Lipinski definition) is 2. The molecule has 0 atom stereocenters. The van der Waals surface area contributed by atoms with Gasteiger partial charge in [-0.2, -0.15) is 0 Å². The second-order valence-electron chi connectivity index (χ2n) is 5.30. The van der Waals surface area contributed by atoms with E-state index in [1.54, 1.807) is 4.90 Å². The van der Waals surface area contributed by atoms with E-state index in [0.29, 0.717) is 13.2 Å². The number of ether oxygens (including phenoxy) is 1. The van der Waals surface area contributed by atoms with E-state index < -0.39 is 0 Å². The van der Waals surface area contributed by atoms with Crippen molar-refractivity contribution < 1.29 is 14.3 Å². The van der Waals surface area contributed by atoms with Crippen molar-refractivity contribution in [2.45, 2.75) is 18.9 Å². The Morgan fingerprint density at radius 3 is 2.90 bits per heavy atom. The summed E-state index contributed by atoms with van der Waals surface area (Å²) in [7, 11) is 0. The number of carbonyl (C=O) groups excluding carboxylic acids is 2. The molecule has 6 nitrogen and oxygen atoms in total. The first-order valence-corrected chi connectivity index (χ1v) is 7.24. The summed E-state index contributed by atoms with van der Waals surface area (Å²) < 4.78 is 5.27. The molecule has 0 aromatic heterocycles. The largest absolute Gasteiger partial charge is 0.381 e. The van der Waals surface area contributed by atoms with Gasteiger partial charge in [-0.1, -0.05) is 12.1 Å². The Morgan fingerprint density at radius 2 is 2.10 bits per heavy atom. The number of para-hydroxylation sites is 2. The second kappa shape index (κ2) is 6.13. The maximum Gasteiger partial charge on any atom is 0.246 e. The monoisotopic (exact) mass is 289 g/mol. The van der Waals surface area contributed by atoms with Crippen LogP contribution < -0.4 is 15.5 Å². The number of fused-ring (bicyclic) bond motifs is 1. The van der Waals surface area contributed by atoms with E-state index in [1.807, 2.05) is 24.3 Å². The van der Waals surface area contributed by atoms with Crippen LogP contribution in [0, 0.1) is 0 Å². The molecule has 0 spiro atoms. The second-order valence-corrected chi connectivity index (χ2v) is 5.30. The van der Waals surface area contributed by atoms with Crippen LogP contribution in [0.3, 0.4) is 0 Å². The molecule has 1 aromatic carbocycles. The highest BCUT2D eigenvalue weighted by atomic mass is 16.5. The molecule has 0 bridgehead atoms. The Kier molecular flexibility index (Phi) is 4.06. The summed E-state index contributed by atoms with van der Waals surface area (Å²) in [5, 5.41) is 6.04. The zero-order valence-corrected chi connectivity index (χ0v) is 11.8. The average Bonchev–Trinajstić information content (AvgIpc) is 2.51. The fourth-order valence-electron chi connectivity index (χ4n) is 2.69. The van der Waals surface area contributed by atoms with Crippen molar-refractivity contribution in [1.29, 1.82) is 0 Å². The molecular formula is C15H19N3O3. The number of nitrogens with zero attached hydrogens (tertiary/aromatic N) is 1. The molecule has 3 rings (SSSR count). The Morgan fingerprint density at radius 1 is 1.33 bits per heavy atom. The summed E-state index contributed by atoms with van der Waals surface area (Å²) in [5.74, 6) is -0.206. The summed E-state index contributed by atoms with van der Waals surface area (Å²) >= 11 is 0. The Bertz CT molecular complexity index is 541. The molecule has 2 N–H and O–H groups in total. The minimum Gasteiger partial charge on any atom is -0.381 e. The van der Waals surface area contributed by atoms with E-state index >= 15 is 0 Å². The number of carbonyl (C=O) groups is 2. The van der Waals surface area contributed by atoms with E-state index in [2.05, 4.69) is 10.6 Å². The van der Waals surface area contributed by atoms with Crippen molar-refractivity contribution in [1.82, 2.24) is 5.32 Å². The van der Waals surface area contributed by atoms with Crippen molar-refractivity contribution >= 4 is 23.2 Å². The van der Waals surface area contributed by atoms with E-state index in [9.17, 15) is 9.59 Å². The van der Waals surface area contributed by atoms with Gasteiger partial charge in [0.2, 0.25) is 11.8 Å². The van der Waals surface area contributed by atoms with Crippen LogP contribution >= 0.6 is 0 Å². The third kappa shape index (κ3) is 3.16. The van der Waals surface area contributed by atoms with Crippen LogP contribution in [0.4, 0.5) is 11.4 Å². The lowest BCUT2D eigenvalue weighted by Crippen LogP contribution is -2.48. The fraction of sp³-hybridized carbons (Fsp3) is 0.467.